The third kappa shape index (κ3) is 3.37. The third-order valence-electron chi connectivity index (χ3n) is 3.21. The first kappa shape index (κ1) is 16.3. The van der Waals surface area contributed by atoms with E-state index in [1.807, 2.05) is 0 Å². The second-order valence-corrected chi connectivity index (χ2v) is 6.65. The zero-order valence-electron chi connectivity index (χ0n) is 12.7. The Morgan fingerprint density at radius 2 is 1.77 bits per heavy atom. The van der Waals surface area contributed by atoms with Gasteiger partial charge in [0.25, 0.3) is 0 Å². The van der Waals surface area contributed by atoms with Crippen molar-refractivity contribution in [3.05, 3.63) is 48.3 Å². The number of benzene rings is 1. The Hall–Kier alpha value is -2.12. The topological polar surface area (TPSA) is 68.7 Å². The highest BCUT2D eigenvalue weighted by Crippen LogP contribution is 2.30. The van der Waals surface area contributed by atoms with Crippen molar-refractivity contribution in [3.63, 3.8) is 0 Å². The fraction of sp³-hybridized carbons (Fsp3) is 0.267. The van der Waals surface area contributed by atoms with Crippen LogP contribution in [0.2, 0.25) is 0 Å². The van der Waals surface area contributed by atoms with E-state index < -0.39 is 10.0 Å². The van der Waals surface area contributed by atoms with Crippen LogP contribution < -0.4 is 9.47 Å². The molecule has 2 aromatic rings. The van der Waals surface area contributed by atoms with E-state index >= 15 is 0 Å². The number of ether oxygens (including phenoxy) is 2. The molecule has 0 atom stereocenters. The summed E-state index contributed by atoms with van der Waals surface area (Å²) in [6, 6.07) is 8.23. The Morgan fingerprint density at radius 1 is 1.09 bits per heavy atom. The highest BCUT2D eigenvalue weighted by molar-refractivity contribution is 7.89. The molecular formula is C15H18N2O4S. The molecule has 1 aromatic carbocycles. The molecule has 0 bridgehead atoms. The Labute approximate surface area is 130 Å². The first-order chi connectivity index (χ1) is 10.5. The molecule has 0 fully saturated rings. The van der Waals surface area contributed by atoms with Crippen molar-refractivity contribution in [1.82, 2.24) is 9.29 Å². The predicted molar refractivity (Wildman–Crippen MR) is 82.4 cm³/mol. The first-order valence-corrected chi connectivity index (χ1v) is 8.00. The van der Waals surface area contributed by atoms with Crippen LogP contribution in [-0.2, 0) is 16.6 Å². The summed E-state index contributed by atoms with van der Waals surface area (Å²) in [5.74, 6) is 0.735. The van der Waals surface area contributed by atoms with Gasteiger partial charge in [0.1, 0.15) is 16.4 Å². The van der Waals surface area contributed by atoms with Crippen LogP contribution in [0.25, 0.3) is 0 Å². The van der Waals surface area contributed by atoms with Crippen molar-refractivity contribution in [3.8, 4) is 11.5 Å². The van der Waals surface area contributed by atoms with Gasteiger partial charge in [-0.2, -0.15) is 4.31 Å². The number of sulfonamides is 1. The van der Waals surface area contributed by atoms with E-state index in [1.165, 1.54) is 31.6 Å². The molecule has 0 N–H and O–H groups in total. The van der Waals surface area contributed by atoms with E-state index in [0.29, 0.717) is 5.75 Å². The zero-order chi connectivity index (χ0) is 16.2. The Morgan fingerprint density at radius 3 is 2.36 bits per heavy atom. The highest BCUT2D eigenvalue weighted by atomic mass is 32.2. The third-order valence-corrected chi connectivity index (χ3v) is 5.04. The van der Waals surface area contributed by atoms with E-state index in [-0.39, 0.29) is 17.2 Å². The van der Waals surface area contributed by atoms with Crippen LogP contribution in [0.4, 0.5) is 0 Å². The zero-order valence-corrected chi connectivity index (χ0v) is 13.5. The molecule has 0 amide bonds. The normalized spacial score (nSPS) is 11.5. The summed E-state index contributed by atoms with van der Waals surface area (Å²) in [7, 11) is 0.737. The highest BCUT2D eigenvalue weighted by Gasteiger charge is 2.25. The van der Waals surface area contributed by atoms with Gasteiger partial charge in [-0.15, -0.1) is 0 Å². The van der Waals surface area contributed by atoms with Gasteiger partial charge in [0, 0.05) is 32.1 Å². The molecule has 1 heterocycles. The second-order valence-electron chi connectivity index (χ2n) is 4.63. The van der Waals surface area contributed by atoms with Gasteiger partial charge in [0.15, 0.2) is 0 Å². The van der Waals surface area contributed by atoms with Crippen molar-refractivity contribution in [2.45, 2.75) is 11.4 Å². The smallest absolute Gasteiger partial charge is 0.246 e. The van der Waals surface area contributed by atoms with Crippen LogP contribution in [0.5, 0.6) is 11.5 Å². The minimum absolute atomic E-state index is 0.0749. The van der Waals surface area contributed by atoms with E-state index in [1.54, 1.807) is 36.7 Å². The van der Waals surface area contributed by atoms with E-state index in [4.69, 9.17) is 9.47 Å². The average molecular weight is 322 g/mol. The van der Waals surface area contributed by atoms with Gasteiger partial charge in [-0.1, -0.05) is 0 Å². The SMILES string of the molecule is COc1ccc(OC)c(S(=O)(=O)N(C)Cc2ccncc2)c1. The number of nitrogens with zero attached hydrogens (tertiary/aromatic N) is 2. The summed E-state index contributed by atoms with van der Waals surface area (Å²) in [4.78, 5) is 3.99. The maximum Gasteiger partial charge on any atom is 0.246 e. The van der Waals surface area contributed by atoms with Gasteiger partial charge < -0.3 is 9.47 Å². The van der Waals surface area contributed by atoms with Gasteiger partial charge in [0.2, 0.25) is 10.0 Å². The lowest BCUT2D eigenvalue weighted by Gasteiger charge is -2.19. The number of methoxy groups -OCH3 is 2. The lowest BCUT2D eigenvalue weighted by molar-refractivity contribution is 0.388. The van der Waals surface area contributed by atoms with E-state index in [9.17, 15) is 8.42 Å². The number of hydrogen-bond acceptors (Lipinski definition) is 5. The summed E-state index contributed by atoms with van der Waals surface area (Å²) in [5.41, 5.74) is 0.850. The van der Waals surface area contributed by atoms with Crippen LogP contribution in [0.3, 0.4) is 0 Å². The van der Waals surface area contributed by atoms with Crippen LogP contribution in [0, 0.1) is 0 Å². The number of hydrogen-bond donors (Lipinski definition) is 0. The standard InChI is InChI=1S/C15H18N2O4S/c1-17(11-12-6-8-16-9-7-12)22(18,19)15-10-13(20-2)4-5-14(15)21-3/h4-10H,11H2,1-3H3. The monoisotopic (exact) mass is 322 g/mol. The number of pyridine rings is 1. The summed E-state index contributed by atoms with van der Waals surface area (Å²) < 4.78 is 37.0. The minimum atomic E-state index is -3.70. The predicted octanol–water partition coefficient (Wildman–Crippen LogP) is 1.92. The summed E-state index contributed by atoms with van der Waals surface area (Å²) >= 11 is 0. The van der Waals surface area contributed by atoms with E-state index in [2.05, 4.69) is 4.98 Å². The molecule has 0 unspecified atom stereocenters. The van der Waals surface area contributed by atoms with Crippen molar-refractivity contribution >= 4 is 10.0 Å². The minimum Gasteiger partial charge on any atom is -0.497 e. The first-order valence-electron chi connectivity index (χ1n) is 6.56. The molecule has 0 saturated heterocycles. The molecule has 118 valence electrons. The number of rotatable bonds is 6. The molecule has 6 nitrogen and oxygen atoms in total. The quantitative estimate of drug-likeness (QED) is 0.813. The Kier molecular flexibility index (Phi) is 4.99. The van der Waals surface area contributed by atoms with Gasteiger partial charge in [-0.05, 0) is 29.8 Å². The molecule has 22 heavy (non-hydrogen) atoms. The van der Waals surface area contributed by atoms with E-state index in [0.717, 1.165) is 5.56 Å². The molecule has 0 aliphatic carbocycles. The summed E-state index contributed by atoms with van der Waals surface area (Å²) in [5, 5.41) is 0. The molecule has 0 radical (unpaired) electrons. The molecule has 7 heteroatoms. The second kappa shape index (κ2) is 6.76. The van der Waals surface area contributed by atoms with Crippen LogP contribution in [0.15, 0.2) is 47.6 Å². The number of aromatic nitrogens is 1. The molecule has 0 aliphatic heterocycles. The van der Waals surface area contributed by atoms with Gasteiger partial charge in [0.05, 0.1) is 14.2 Å². The summed E-state index contributed by atoms with van der Waals surface area (Å²) in [6.45, 7) is 0.241. The Balaban J connectivity index is 2.37. The molecule has 0 aliphatic rings. The van der Waals surface area contributed by atoms with Crippen molar-refractivity contribution < 1.29 is 17.9 Å². The van der Waals surface area contributed by atoms with Gasteiger partial charge in [-0.25, -0.2) is 8.42 Å². The van der Waals surface area contributed by atoms with Crippen molar-refractivity contribution in [1.29, 1.82) is 0 Å². The molecule has 2 rings (SSSR count). The maximum absolute atomic E-state index is 12.8. The molecule has 0 saturated carbocycles. The van der Waals surface area contributed by atoms with Crippen LogP contribution >= 0.6 is 0 Å². The van der Waals surface area contributed by atoms with Gasteiger partial charge >= 0.3 is 0 Å². The fourth-order valence-electron chi connectivity index (χ4n) is 1.98. The molecular weight excluding hydrogens is 304 g/mol. The Bertz CT molecular complexity index is 732. The van der Waals surface area contributed by atoms with Crippen molar-refractivity contribution in [2.75, 3.05) is 21.3 Å². The van der Waals surface area contributed by atoms with Crippen LogP contribution in [-0.4, -0.2) is 39.0 Å². The molecule has 0 spiro atoms. The molecule has 1 aromatic heterocycles. The van der Waals surface area contributed by atoms with Crippen LogP contribution in [0.1, 0.15) is 5.56 Å². The average Bonchev–Trinajstić information content (AvgIpc) is 2.55. The van der Waals surface area contributed by atoms with Crippen molar-refractivity contribution in [2.24, 2.45) is 0 Å². The van der Waals surface area contributed by atoms with Gasteiger partial charge in [-0.3, -0.25) is 4.98 Å². The summed E-state index contributed by atoms with van der Waals surface area (Å²) in [6.07, 6.45) is 3.25. The largest absolute Gasteiger partial charge is 0.497 e. The fourth-order valence-corrected chi connectivity index (χ4v) is 3.31. The maximum atomic E-state index is 12.8. The lowest BCUT2D eigenvalue weighted by atomic mass is 10.3. The lowest BCUT2D eigenvalue weighted by Crippen LogP contribution is -2.27.